The Hall–Kier alpha value is -4.39. The molecule has 0 amide bonds. The predicted octanol–water partition coefficient (Wildman–Crippen LogP) is 7.25. The summed E-state index contributed by atoms with van der Waals surface area (Å²) in [6, 6.07) is 16.3. The van der Waals surface area contributed by atoms with Crippen LogP contribution in [0.15, 0.2) is 59.0 Å². The van der Waals surface area contributed by atoms with Gasteiger partial charge in [-0.1, -0.05) is 85.1 Å². The maximum atomic E-state index is 12.9. The molecule has 0 atom stereocenters. The van der Waals surface area contributed by atoms with Gasteiger partial charge in [0.2, 0.25) is 0 Å². The van der Waals surface area contributed by atoms with Crippen molar-refractivity contribution in [3.05, 3.63) is 97.8 Å². The lowest BCUT2D eigenvalue weighted by Crippen LogP contribution is -2.26. The van der Waals surface area contributed by atoms with E-state index in [0.717, 1.165) is 60.9 Å². The first-order valence-electron chi connectivity index (χ1n) is 15.1. The number of benzene rings is 5. The van der Waals surface area contributed by atoms with Crippen molar-refractivity contribution in [2.24, 2.45) is 0 Å². The number of hydrogen-bond donors (Lipinski definition) is 1. The third kappa shape index (κ3) is 4.42. The van der Waals surface area contributed by atoms with Crippen LogP contribution in [-0.4, -0.2) is 11.9 Å². The van der Waals surface area contributed by atoms with Gasteiger partial charge in [-0.05, 0) is 71.9 Å². The first kappa shape index (κ1) is 29.3. The van der Waals surface area contributed by atoms with Gasteiger partial charge < -0.3 is 24.2 Å². The molecule has 4 aromatic rings. The standard InChI is InChI=1S/C37H29Cl2NO5/c1-2-3-10-24-33(40)22-15-8-7-14-21(22)28-30(31-29(37(43)44)26(38)17-25(32(31)39)36(41)42)27-20-13-6-4-11-18(20)19-12-5-9-16-23(19)34(27)45-35(24)28/h4,6-8,11,13-15,17,40H,2-3,5,9-10,12,16H2,1H3,(H,41,42)(H,43,44)/p-2. The van der Waals surface area contributed by atoms with Crippen molar-refractivity contribution < 1.29 is 24.2 Å². The molecule has 0 bridgehead atoms. The van der Waals surface area contributed by atoms with Gasteiger partial charge in [-0.3, -0.25) is 5.41 Å². The van der Waals surface area contributed by atoms with Crippen molar-refractivity contribution in [1.29, 1.82) is 5.41 Å². The van der Waals surface area contributed by atoms with E-state index in [9.17, 15) is 25.2 Å². The fraction of sp³-hybridized carbons (Fsp3) is 0.216. The Morgan fingerprint density at radius 2 is 1.49 bits per heavy atom. The highest BCUT2D eigenvalue weighted by Gasteiger charge is 2.32. The van der Waals surface area contributed by atoms with Gasteiger partial charge in [0.15, 0.2) is 0 Å². The number of aromatic carboxylic acids is 2. The second-order valence-electron chi connectivity index (χ2n) is 11.6. The first-order valence-corrected chi connectivity index (χ1v) is 15.9. The maximum absolute atomic E-state index is 12.9. The second kappa shape index (κ2) is 11.2. The Kier molecular flexibility index (Phi) is 7.30. The van der Waals surface area contributed by atoms with Crippen LogP contribution in [-0.2, 0) is 19.3 Å². The summed E-state index contributed by atoms with van der Waals surface area (Å²) < 4.78 is 6.99. The number of carbonyl (C=O) groups excluding carboxylic acids is 2. The Morgan fingerprint density at radius 3 is 2.16 bits per heavy atom. The number of hydrogen-bond acceptors (Lipinski definition) is 6. The van der Waals surface area contributed by atoms with E-state index < -0.39 is 23.1 Å². The summed E-state index contributed by atoms with van der Waals surface area (Å²) in [7, 11) is 0. The molecule has 0 unspecified atom stereocenters. The lowest BCUT2D eigenvalue weighted by molar-refractivity contribution is -0.256. The SMILES string of the molecule is CCCCc1c2oc3c4c(c5ccccc5c3c(-c3c(Cl)c(C(=O)[O-])cc(Cl)c3C(=O)[O-])c-2c2ccccc2c1=N)CCCC4. The van der Waals surface area contributed by atoms with Gasteiger partial charge in [-0.25, -0.2) is 0 Å². The van der Waals surface area contributed by atoms with Crippen molar-refractivity contribution in [3.8, 4) is 22.5 Å². The molecule has 0 spiro atoms. The Balaban J connectivity index is 1.87. The van der Waals surface area contributed by atoms with Crippen molar-refractivity contribution >= 4 is 67.7 Å². The third-order valence-corrected chi connectivity index (χ3v) is 9.82. The van der Waals surface area contributed by atoms with Gasteiger partial charge in [-0.15, -0.1) is 0 Å². The van der Waals surface area contributed by atoms with Crippen molar-refractivity contribution in [2.45, 2.75) is 51.9 Å². The molecule has 0 aromatic heterocycles. The largest absolute Gasteiger partial charge is 0.545 e. The Bertz CT molecular complexity index is 2270. The molecule has 8 heteroatoms. The van der Waals surface area contributed by atoms with E-state index >= 15 is 0 Å². The van der Waals surface area contributed by atoms with E-state index in [0.29, 0.717) is 56.0 Å². The number of unbranched alkanes of at least 4 members (excludes halogenated alkanes) is 1. The number of carboxylic acid groups (broad SMARTS) is 2. The molecule has 7 rings (SSSR count). The number of halogens is 2. The van der Waals surface area contributed by atoms with Gasteiger partial charge in [0, 0.05) is 44.2 Å². The predicted molar refractivity (Wildman–Crippen MR) is 173 cm³/mol. The van der Waals surface area contributed by atoms with Crippen LogP contribution in [0.3, 0.4) is 0 Å². The highest BCUT2D eigenvalue weighted by Crippen LogP contribution is 2.52. The molecule has 1 aliphatic heterocycles. The van der Waals surface area contributed by atoms with Gasteiger partial charge in [0.1, 0.15) is 11.3 Å². The quantitative estimate of drug-likeness (QED) is 0.153. The lowest BCUT2D eigenvalue weighted by atomic mass is 9.80. The molecule has 0 saturated heterocycles. The van der Waals surface area contributed by atoms with Crippen LogP contribution in [0.5, 0.6) is 0 Å². The van der Waals surface area contributed by atoms with Crippen molar-refractivity contribution in [1.82, 2.24) is 0 Å². The Morgan fingerprint density at radius 1 is 0.844 bits per heavy atom. The highest BCUT2D eigenvalue weighted by molar-refractivity contribution is 6.42. The van der Waals surface area contributed by atoms with Gasteiger partial charge in [0.05, 0.1) is 27.3 Å². The van der Waals surface area contributed by atoms with Crippen LogP contribution in [0.1, 0.15) is 70.0 Å². The van der Waals surface area contributed by atoms with Crippen LogP contribution in [0.25, 0.3) is 55.0 Å². The van der Waals surface area contributed by atoms with Crippen LogP contribution in [0.4, 0.5) is 0 Å². The molecule has 2 aliphatic carbocycles. The summed E-state index contributed by atoms with van der Waals surface area (Å²) in [4.78, 5) is 25.2. The number of aryl methyl sites for hydroxylation is 2. The van der Waals surface area contributed by atoms with E-state index in [2.05, 4.69) is 13.0 Å². The van der Waals surface area contributed by atoms with Gasteiger partial charge in [-0.2, -0.15) is 0 Å². The molecule has 0 radical (unpaired) electrons. The molecule has 1 N–H and O–H groups in total. The molecule has 0 fully saturated rings. The number of carboxylic acids is 2. The number of rotatable bonds is 6. The maximum Gasteiger partial charge on any atom is 0.141 e. The third-order valence-electron chi connectivity index (χ3n) is 9.13. The molecule has 6 nitrogen and oxygen atoms in total. The minimum Gasteiger partial charge on any atom is -0.545 e. The highest BCUT2D eigenvalue weighted by atomic mass is 35.5. The summed E-state index contributed by atoms with van der Waals surface area (Å²) in [5, 5.41) is 37.9. The van der Waals surface area contributed by atoms with Gasteiger partial charge >= 0.3 is 0 Å². The molecule has 226 valence electrons. The van der Waals surface area contributed by atoms with Crippen LogP contribution in [0, 0.1) is 5.41 Å². The van der Waals surface area contributed by atoms with Crippen LogP contribution >= 0.6 is 23.2 Å². The molecule has 3 aliphatic rings. The first-order chi connectivity index (χ1) is 21.7. The molecule has 0 saturated carbocycles. The van der Waals surface area contributed by atoms with E-state index in [1.165, 1.54) is 5.56 Å². The Labute approximate surface area is 268 Å². The topological polar surface area (TPSA) is 117 Å². The smallest absolute Gasteiger partial charge is 0.141 e. The minimum atomic E-state index is -1.60. The normalized spacial score (nSPS) is 13.1. The molecular weight excluding hydrogens is 609 g/mol. The summed E-state index contributed by atoms with van der Waals surface area (Å²) in [5.74, 6) is -2.74. The number of fused-ring (bicyclic) bond motifs is 9. The zero-order valence-electron chi connectivity index (χ0n) is 24.4. The summed E-state index contributed by atoms with van der Waals surface area (Å²) >= 11 is 13.5. The van der Waals surface area contributed by atoms with E-state index in [1.807, 2.05) is 42.5 Å². The molecule has 45 heavy (non-hydrogen) atoms. The summed E-state index contributed by atoms with van der Waals surface area (Å²) in [5.41, 5.74) is 3.47. The van der Waals surface area contributed by atoms with Crippen molar-refractivity contribution in [2.75, 3.05) is 0 Å². The summed E-state index contributed by atoms with van der Waals surface area (Å²) in [6.07, 6.45) is 5.82. The zero-order chi connectivity index (χ0) is 31.6. The monoisotopic (exact) mass is 635 g/mol. The second-order valence-corrected chi connectivity index (χ2v) is 12.4. The van der Waals surface area contributed by atoms with Crippen molar-refractivity contribution in [3.63, 3.8) is 0 Å². The van der Waals surface area contributed by atoms with E-state index in [1.54, 1.807) is 0 Å². The minimum absolute atomic E-state index is 0.0700. The van der Waals surface area contributed by atoms with E-state index in [-0.39, 0.29) is 15.6 Å². The average molecular weight is 637 g/mol. The average Bonchev–Trinajstić information content (AvgIpc) is 3.04. The molecule has 1 heterocycles. The number of carbonyl (C=O) groups is 2. The van der Waals surface area contributed by atoms with Crippen LogP contribution < -0.4 is 15.6 Å². The summed E-state index contributed by atoms with van der Waals surface area (Å²) in [6.45, 7) is 2.08. The molecular formula is C37H27Cl2NO5-2. The molecule has 4 aromatic carbocycles. The van der Waals surface area contributed by atoms with Gasteiger partial charge in [0.25, 0.3) is 0 Å². The zero-order valence-corrected chi connectivity index (χ0v) is 26.0. The van der Waals surface area contributed by atoms with E-state index in [4.69, 9.17) is 27.6 Å². The fourth-order valence-corrected chi connectivity index (χ4v) is 7.76. The fourth-order valence-electron chi connectivity index (χ4n) is 7.16. The lowest BCUT2D eigenvalue weighted by Gasteiger charge is -2.28. The van der Waals surface area contributed by atoms with Crippen LogP contribution in [0.2, 0.25) is 10.0 Å². The number of nitrogens with one attached hydrogen (secondary N) is 1.